The number of rotatable bonds is 8. The Kier molecular flexibility index (Phi) is 6.14. The van der Waals surface area contributed by atoms with Gasteiger partial charge in [-0.1, -0.05) is 21.6 Å². The lowest BCUT2D eigenvalue weighted by Gasteiger charge is -2.05. The van der Waals surface area contributed by atoms with Gasteiger partial charge in [-0.3, -0.25) is 14.0 Å². The van der Waals surface area contributed by atoms with Crippen molar-refractivity contribution in [3.63, 3.8) is 0 Å². The van der Waals surface area contributed by atoms with E-state index in [0.717, 1.165) is 17.0 Å². The number of aromatic nitrogens is 2. The molecule has 0 bridgehead atoms. The van der Waals surface area contributed by atoms with Gasteiger partial charge in [0.05, 0.1) is 12.6 Å². The van der Waals surface area contributed by atoms with Gasteiger partial charge in [0.25, 0.3) is 5.91 Å². The van der Waals surface area contributed by atoms with Gasteiger partial charge in [0.1, 0.15) is 11.3 Å². The number of imidazole rings is 1. The molecule has 0 unspecified atom stereocenters. The monoisotopic (exact) mass is 339 g/mol. The van der Waals surface area contributed by atoms with Crippen LogP contribution in [0.5, 0.6) is 0 Å². The standard InChI is InChI=1S/C14H17N3O3S2/c1-10-2-5-17-11(9-16-12(17)8-10)14(20)15-4-7-22-21-6-3-13(18)19/h2,5,8-9H,3-4,6-7H2,1H3,(H,15,20)(H,18,19). The van der Waals surface area contributed by atoms with Crippen molar-refractivity contribution in [3.05, 3.63) is 35.8 Å². The number of aliphatic carboxylic acids is 1. The van der Waals surface area contributed by atoms with Crippen LogP contribution in [0.25, 0.3) is 5.65 Å². The molecule has 0 saturated heterocycles. The van der Waals surface area contributed by atoms with Crippen LogP contribution in [0.3, 0.4) is 0 Å². The zero-order chi connectivity index (χ0) is 15.9. The summed E-state index contributed by atoms with van der Waals surface area (Å²) in [6, 6.07) is 3.85. The first-order valence-electron chi connectivity index (χ1n) is 6.76. The summed E-state index contributed by atoms with van der Waals surface area (Å²) in [6.07, 6.45) is 3.56. The Morgan fingerprint density at radius 1 is 1.36 bits per heavy atom. The van der Waals surface area contributed by atoms with Gasteiger partial charge in [-0.25, -0.2) is 4.98 Å². The van der Waals surface area contributed by atoms with E-state index >= 15 is 0 Å². The fourth-order valence-electron chi connectivity index (χ4n) is 1.79. The molecule has 0 spiro atoms. The molecular formula is C14H17N3O3S2. The second-order valence-corrected chi connectivity index (χ2v) is 7.32. The Hall–Kier alpha value is -1.67. The third-order valence-corrected chi connectivity index (χ3v) is 5.26. The van der Waals surface area contributed by atoms with Crippen LogP contribution >= 0.6 is 21.6 Å². The minimum absolute atomic E-state index is 0.158. The highest BCUT2D eigenvalue weighted by Gasteiger charge is 2.11. The number of fused-ring (bicyclic) bond motifs is 1. The summed E-state index contributed by atoms with van der Waals surface area (Å²) >= 11 is 0. The molecule has 0 fully saturated rings. The number of carbonyl (C=O) groups excluding carboxylic acids is 1. The van der Waals surface area contributed by atoms with Crippen LogP contribution < -0.4 is 5.32 Å². The predicted molar refractivity (Wildman–Crippen MR) is 89.4 cm³/mol. The Bertz CT molecular complexity index is 672. The topological polar surface area (TPSA) is 83.7 Å². The summed E-state index contributed by atoms with van der Waals surface area (Å²) in [6.45, 7) is 2.51. The van der Waals surface area contributed by atoms with Gasteiger partial charge < -0.3 is 10.4 Å². The first-order valence-corrected chi connectivity index (χ1v) is 9.25. The van der Waals surface area contributed by atoms with E-state index < -0.39 is 5.97 Å². The number of carboxylic acid groups (broad SMARTS) is 1. The molecule has 2 N–H and O–H groups in total. The van der Waals surface area contributed by atoms with Gasteiger partial charge in [0, 0.05) is 24.2 Å². The lowest BCUT2D eigenvalue weighted by molar-refractivity contribution is -0.136. The van der Waals surface area contributed by atoms with Gasteiger partial charge in [0.15, 0.2) is 0 Å². The molecule has 2 heterocycles. The van der Waals surface area contributed by atoms with E-state index in [1.165, 1.54) is 10.8 Å². The van der Waals surface area contributed by atoms with E-state index in [1.807, 2.05) is 25.3 Å². The first kappa shape index (κ1) is 16.7. The normalized spacial score (nSPS) is 10.8. The molecule has 0 aliphatic rings. The van der Waals surface area contributed by atoms with Crippen molar-refractivity contribution in [2.24, 2.45) is 0 Å². The smallest absolute Gasteiger partial charge is 0.304 e. The molecule has 22 heavy (non-hydrogen) atoms. The fourth-order valence-corrected chi connectivity index (χ4v) is 3.68. The number of hydrogen-bond donors (Lipinski definition) is 2. The Balaban J connectivity index is 1.76. The lowest BCUT2D eigenvalue weighted by Crippen LogP contribution is -2.26. The largest absolute Gasteiger partial charge is 0.481 e. The number of carboxylic acids is 1. The third kappa shape index (κ3) is 4.67. The number of amides is 1. The fraction of sp³-hybridized carbons (Fsp3) is 0.357. The van der Waals surface area contributed by atoms with E-state index in [1.54, 1.807) is 21.4 Å². The van der Waals surface area contributed by atoms with E-state index in [-0.39, 0.29) is 12.3 Å². The van der Waals surface area contributed by atoms with Crippen molar-refractivity contribution in [1.29, 1.82) is 0 Å². The van der Waals surface area contributed by atoms with Gasteiger partial charge in [-0.05, 0) is 24.6 Å². The zero-order valence-corrected chi connectivity index (χ0v) is 13.7. The maximum Gasteiger partial charge on any atom is 0.304 e. The number of nitrogens with zero attached hydrogens (tertiary/aromatic N) is 2. The van der Waals surface area contributed by atoms with Gasteiger partial charge in [-0.15, -0.1) is 0 Å². The Labute approximate surface area is 136 Å². The number of pyridine rings is 1. The number of carbonyl (C=O) groups is 2. The summed E-state index contributed by atoms with van der Waals surface area (Å²) in [5, 5.41) is 11.4. The van der Waals surface area contributed by atoms with Gasteiger partial charge in [-0.2, -0.15) is 0 Å². The van der Waals surface area contributed by atoms with Crippen LogP contribution in [0.4, 0.5) is 0 Å². The van der Waals surface area contributed by atoms with Crippen LogP contribution in [0.15, 0.2) is 24.5 Å². The highest BCUT2D eigenvalue weighted by atomic mass is 33.1. The Morgan fingerprint density at radius 3 is 2.91 bits per heavy atom. The summed E-state index contributed by atoms with van der Waals surface area (Å²) < 4.78 is 1.76. The van der Waals surface area contributed by atoms with Crippen molar-refractivity contribution >= 4 is 39.1 Å². The molecule has 8 heteroatoms. The maximum atomic E-state index is 12.1. The van der Waals surface area contributed by atoms with Crippen molar-refractivity contribution in [2.75, 3.05) is 18.1 Å². The van der Waals surface area contributed by atoms with Crippen LogP contribution in [0, 0.1) is 6.92 Å². The number of nitrogens with one attached hydrogen (secondary N) is 1. The molecule has 0 aliphatic heterocycles. The molecule has 2 aromatic heterocycles. The van der Waals surface area contributed by atoms with E-state index in [9.17, 15) is 9.59 Å². The third-order valence-electron chi connectivity index (χ3n) is 2.85. The van der Waals surface area contributed by atoms with Crippen LogP contribution in [0.1, 0.15) is 22.5 Å². The molecular weight excluding hydrogens is 322 g/mol. The highest BCUT2D eigenvalue weighted by molar-refractivity contribution is 8.76. The zero-order valence-electron chi connectivity index (χ0n) is 12.1. The second-order valence-electron chi connectivity index (χ2n) is 4.62. The average molecular weight is 339 g/mol. The van der Waals surface area contributed by atoms with Gasteiger partial charge in [0.2, 0.25) is 0 Å². The summed E-state index contributed by atoms with van der Waals surface area (Å²) in [5.41, 5.74) is 2.36. The molecule has 2 aromatic rings. The molecule has 1 amide bonds. The molecule has 0 aromatic carbocycles. The highest BCUT2D eigenvalue weighted by Crippen LogP contribution is 2.21. The molecule has 0 aliphatic carbocycles. The number of aryl methyl sites for hydroxylation is 1. The number of hydrogen-bond acceptors (Lipinski definition) is 5. The van der Waals surface area contributed by atoms with E-state index in [0.29, 0.717) is 18.0 Å². The minimum atomic E-state index is -0.788. The lowest BCUT2D eigenvalue weighted by atomic mass is 10.3. The molecule has 2 rings (SSSR count). The van der Waals surface area contributed by atoms with E-state index in [4.69, 9.17) is 5.11 Å². The summed E-state index contributed by atoms with van der Waals surface area (Å²) in [4.78, 5) is 26.7. The van der Waals surface area contributed by atoms with Gasteiger partial charge >= 0.3 is 5.97 Å². The molecule has 0 atom stereocenters. The van der Waals surface area contributed by atoms with Crippen molar-refractivity contribution < 1.29 is 14.7 Å². The minimum Gasteiger partial charge on any atom is -0.481 e. The maximum absolute atomic E-state index is 12.1. The molecule has 0 saturated carbocycles. The predicted octanol–water partition coefficient (Wildman–Crippen LogP) is 2.23. The van der Waals surface area contributed by atoms with Crippen molar-refractivity contribution in [1.82, 2.24) is 14.7 Å². The SMILES string of the molecule is Cc1ccn2c(C(=O)NCCSSCCC(=O)O)cnc2c1. The van der Waals surface area contributed by atoms with Crippen LogP contribution in [-0.4, -0.2) is 44.4 Å². The summed E-state index contributed by atoms with van der Waals surface area (Å²) in [5.74, 6) is 0.351. The first-order chi connectivity index (χ1) is 10.6. The summed E-state index contributed by atoms with van der Waals surface area (Å²) in [7, 11) is 3.06. The van der Waals surface area contributed by atoms with Crippen LogP contribution in [-0.2, 0) is 4.79 Å². The van der Waals surface area contributed by atoms with Crippen molar-refractivity contribution in [3.8, 4) is 0 Å². The quantitative estimate of drug-likeness (QED) is 0.567. The second kappa shape index (κ2) is 8.09. The van der Waals surface area contributed by atoms with E-state index in [2.05, 4.69) is 10.3 Å². The van der Waals surface area contributed by atoms with Crippen molar-refractivity contribution in [2.45, 2.75) is 13.3 Å². The Morgan fingerprint density at radius 2 is 2.14 bits per heavy atom. The molecule has 0 radical (unpaired) electrons. The average Bonchev–Trinajstić information content (AvgIpc) is 2.88. The molecule has 6 nitrogen and oxygen atoms in total. The molecule has 118 valence electrons. The van der Waals surface area contributed by atoms with Crippen LogP contribution in [0.2, 0.25) is 0 Å².